The summed E-state index contributed by atoms with van der Waals surface area (Å²) < 4.78 is 13.2. The van der Waals surface area contributed by atoms with Crippen molar-refractivity contribution in [3.05, 3.63) is 47.5 Å². The minimum atomic E-state index is -0.218. The molecule has 0 spiro atoms. The third-order valence-electron chi connectivity index (χ3n) is 3.84. The Labute approximate surface area is 135 Å². The van der Waals surface area contributed by atoms with Gasteiger partial charge in [-0.15, -0.1) is 0 Å². The predicted octanol–water partition coefficient (Wildman–Crippen LogP) is 2.50. The van der Waals surface area contributed by atoms with Crippen molar-refractivity contribution >= 4 is 5.91 Å². The molecule has 0 fully saturated rings. The van der Waals surface area contributed by atoms with Gasteiger partial charge in [-0.3, -0.25) is 4.79 Å². The van der Waals surface area contributed by atoms with Gasteiger partial charge in [0.15, 0.2) is 0 Å². The molecule has 0 bridgehead atoms. The second-order valence-corrected chi connectivity index (χ2v) is 6.09. The van der Waals surface area contributed by atoms with E-state index >= 15 is 0 Å². The molecule has 1 heterocycles. The first kappa shape index (κ1) is 17.1. The van der Waals surface area contributed by atoms with Crippen LogP contribution in [-0.4, -0.2) is 26.9 Å². The van der Waals surface area contributed by atoms with Crippen molar-refractivity contribution in [3.8, 4) is 0 Å². The summed E-state index contributed by atoms with van der Waals surface area (Å²) in [6, 6.07) is 4.94. The maximum Gasteiger partial charge on any atom is 0.220 e. The molecule has 5 nitrogen and oxygen atoms in total. The zero-order valence-electron chi connectivity index (χ0n) is 13.8. The Morgan fingerprint density at radius 2 is 2.00 bits per heavy atom. The number of hydrogen-bond donors (Lipinski definition) is 1. The standard InChI is InChI=1S/C17H23FN4O/c1-12(2)16(11-22-19-8-9-20-22)21-17(23)7-5-14-4-6-15(18)13(3)10-14/h4,6,8-10,12,16H,5,7,11H2,1-3H3,(H,21,23). The second kappa shape index (κ2) is 7.85. The van der Waals surface area contributed by atoms with Crippen LogP contribution in [0.1, 0.15) is 31.4 Å². The molecule has 6 heteroatoms. The summed E-state index contributed by atoms with van der Waals surface area (Å²) in [5, 5.41) is 11.2. The third-order valence-corrected chi connectivity index (χ3v) is 3.84. The summed E-state index contributed by atoms with van der Waals surface area (Å²) >= 11 is 0. The first-order valence-corrected chi connectivity index (χ1v) is 7.84. The minimum absolute atomic E-state index is 0.0159. The number of carbonyl (C=O) groups is 1. The molecule has 1 N–H and O–H groups in total. The number of aryl methyl sites for hydroxylation is 2. The summed E-state index contributed by atoms with van der Waals surface area (Å²) in [5.41, 5.74) is 1.57. The fraction of sp³-hybridized carbons (Fsp3) is 0.471. The van der Waals surface area contributed by atoms with Crippen molar-refractivity contribution in [2.75, 3.05) is 0 Å². The summed E-state index contributed by atoms with van der Waals surface area (Å²) in [5.74, 6) is 0.0423. The van der Waals surface area contributed by atoms with Crippen molar-refractivity contribution < 1.29 is 9.18 Å². The average Bonchev–Trinajstić information content (AvgIpc) is 3.01. The third kappa shape index (κ3) is 5.16. The number of benzene rings is 1. The number of aromatic nitrogens is 3. The van der Waals surface area contributed by atoms with Crippen molar-refractivity contribution in [2.24, 2.45) is 5.92 Å². The van der Waals surface area contributed by atoms with Gasteiger partial charge in [0.1, 0.15) is 5.82 Å². The molecule has 2 rings (SSSR count). The van der Waals surface area contributed by atoms with E-state index < -0.39 is 0 Å². The van der Waals surface area contributed by atoms with Gasteiger partial charge in [-0.1, -0.05) is 26.0 Å². The molecule has 1 unspecified atom stereocenters. The van der Waals surface area contributed by atoms with Crippen molar-refractivity contribution in [3.63, 3.8) is 0 Å². The molecular weight excluding hydrogens is 295 g/mol. The quantitative estimate of drug-likeness (QED) is 0.853. The van der Waals surface area contributed by atoms with E-state index in [0.29, 0.717) is 24.9 Å². The van der Waals surface area contributed by atoms with E-state index in [9.17, 15) is 9.18 Å². The first-order valence-electron chi connectivity index (χ1n) is 7.84. The number of nitrogens with one attached hydrogen (secondary N) is 1. The molecule has 0 aliphatic heterocycles. The van der Waals surface area contributed by atoms with Crippen LogP contribution in [0, 0.1) is 18.7 Å². The Morgan fingerprint density at radius 3 is 2.61 bits per heavy atom. The van der Waals surface area contributed by atoms with Crippen LogP contribution in [0.15, 0.2) is 30.6 Å². The normalized spacial score (nSPS) is 12.4. The fourth-order valence-corrected chi connectivity index (χ4v) is 2.34. The molecule has 1 aromatic carbocycles. The Hall–Kier alpha value is -2.24. The molecule has 0 saturated heterocycles. The maximum absolute atomic E-state index is 13.2. The van der Waals surface area contributed by atoms with Crippen molar-refractivity contribution in [1.82, 2.24) is 20.3 Å². The molecule has 1 amide bonds. The predicted molar refractivity (Wildman–Crippen MR) is 86.2 cm³/mol. The van der Waals surface area contributed by atoms with Crippen molar-refractivity contribution in [2.45, 2.75) is 46.2 Å². The van der Waals surface area contributed by atoms with Crippen LogP contribution in [0.4, 0.5) is 4.39 Å². The van der Waals surface area contributed by atoms with Gasteiger partial charge in [0.25, 0.3) is 0 Å². The maximum atomic E-state index is 13.2. The monoisotopic (exact) mass is 318 g/mol. The zero-order valence-corrected chi connectivity index (χ0v) is 13.8. The van der Waals surface area contributed by atoms with Crippen LogP contribution in [0.2, 0.25) is 0 Å². The zero-order chi connectivity index (χ0) is 16.8. The lowest BCUT2D eigenvalue weighted by atomic mass is 10.0. The van der Waals surface area contributed by atoms with E-state index in [4.69, 9.17) is 0 Å². The van der Waals surface area contributed by atoms with Crippen LogP contribution in [0.25, 0.3) is 0 Å². The smallest absolute Gasteiger partial charge is 0.220 e. The topological polar surface area (TPSA) is 59.8 Å². The second-order valence-electron chi connectivity index (χ2n) is 6.09. The highest BCUT2D eigenvalue weighted by Crippen LogP contribution is 2.11. The van der Waals surface area contributed by atoms with Gasteiger partial charge >= 0.3 is 0 Å². The molecule has 124 valence electrons. The Morgan fingerprint density at radius 1 is 1.30 bits per heavy atom. The lowest BCUT2D eigenvalue weighted by molar-refractivity contribution is -0.122. The van der Waals surface area contributed by atoms with Gasteiger partial charge in [0, 0.05) is 6.42 Å². The molecule has 0 aliphatic carbocycles. The summed E-state index contributed by atoms with van der Waals surface area (Å²) in [4.78, 5) is 13.8. The number of carbonyl (C=O) groups excluding carboxylic acids is 1. The fourth-order valence-electron chi connectivity index (χ4n) is 2.34. The number of nitrogens with zero attached hydrogens (tertiary/aromatic N) is 3. The molecule has 1 aromatic heterocycles. The van der Waals surface area contributed by atoms with Gasteiger partial charge in [-0.05, 0) is 36.5 Å². The summed E-state index contributed by atoms with van der Waals surface area (Å²) in [6.45, 7) is 6.38. The molecule has 0 saturated carbocycles. The molecule has 1 atom stereocenters. The highest BCUT2D eigenvalue weighted by molar-refractivity contribution is 5.76. The number of rotatable bonds is 7. The Kier molecular flexibility index (Phi) is 5.84. The minimum Gasteiger partial charge on any atom is -0.351 e. The van der Waals surface area contributed by atoms with Gasteiger partial charge in [-0.25, -0.2) is 4.39 Å². The van der Waals surface area contributed by atoms with E-state index in [0.717, 1.165) is 5.56 Å². The largest absolute Gasteiger partial charge is 0.351 e. The van der Waals surface area contributed by atoms with Gasteiger partial charge in [0.2, 0.25) is 5.91 Å². The lowest BCUT2D eigenvalue weighted by Gasteiger charge is -2.21. The van der Waals surface area contributed by atoms with Gasteiger partial charge in [0.05, 0.1) is 25.0 Å². The van der Waals surface area contributed by atoms with E-state index in [-0.39, 0.29) is 23.7 Å². The van der Waals surface area contributed by atoms with E-state index in [2.05, 4.69) is 29.4 Å². The Bertz CT molecular complexity index is 640. The van der Waals surface area contributed by atoms with Crippen LogP contribution < -0.4 is 5.32 Å². The number of hydrogen-bond acceptors (Lipinski definition) is 3. The molecule has 23 heavy (non-hydrogen) atoms. The van der Waals surface area contributed by atoms with E-state index in [1.54, 1.807) is 36.2 Å². The first-order chi connectivity index (χ1) is 11.0. The number of amides is 1. The SMILES string of the molecule is Cc1cc(CCC(=O)NC(Cn2nccn2)C(C)C)ccc1F. The molecule has 2 aromatic rings. The van der Waals surface area contributed by atoms with E-state index in [1.807, 2.05) is 0 Å². The van der Waals surface area contributed by atoms with Gasteiger partial charge in [-0.2, -0.15) is 15.0 Å². The lowest BCUT2D eigenvalue weighted by Crippen LogP contribution is -2.42. The average molecular weight is 318 g/mol. The highest BCUT2D eigenvalue weighted by Gasteiger charge is 2.17. The van der Waals surface area contributed by atoms with Crippen LogP contribution in [0.5, 0.6) is 0 Å². The number of halogens is 1. The van der Waals surface area contributed by atoms with Crippen molar-refractivity contribution in [1.29, 1.82) is 0 Å². The van der Waals surface area contributed by atoms with Crippen LogP contribution in [-0.2, 0) is 17.8 Å². The van der Waals surface area contributed by atoms with Crippen LogP contribution in [0.3, 0.4) is 0 Å². The molecular formula is C17H23FN4O. The summed E-state index contributed by atoms with van der Waals surface area (Å²) in [7, 11) is 0. The molecule has 0 aliphatic rings. The van der Waals surface area contributed by atoms with Crippen LogP contribution >= 0.6 is 0 Å². The molecule has 0 radical (unpaired) electrons. The highest BCUT2D eigenvalue weighted by atomic mass is 19.1. The van der Waals surface area contributed by atoms with E-state index in [1.165, 1.54) is 6.07 Å². The Balaban J connectivity index is 1.87. The van der Waals surface area contributed by atoms with Gasteiger partial charge < -0.3 is 5.32 Å². The summed E-state index contributed by atoms with van der Waals surface area (Å²) in [6.07, 6.45) is 4.21.